The van der Waals surface area contributed by atoms with Crippen LogP contribution in [0.5, 0.6) is 0 Å². The highest BCUT2D eigenvalue weighted by atomic mass is 16.5. The van der Waals surface area contributed by atoms with Crippen LogP contribution in [0.1, 0.15) is 19.8 Å². The summed E-state index contributed by atoms with van der Waals surface area (Å²) in [7, 11) is 0. The Balaban J connectivity index is 3.60. The van der Waals surface area contributed by atoms with Crippen LogP contribution >= 0.6 is 0 Å². The number of carbonyl (C=O) groups excluding carboxylic acids is 1. The molecule has 0 saturated heterocycles. The van der Waals surface area contributed by atoms with Crippen molar-refractivity contribution in [3.05, 3.63) is 0 Å². The van der Waals surface area contributed by atoms with Crippen LogP contribution in [0.15, 0.2) is 0 Å². The van der Waals surface area contributed by atoms with Gasteiger partial charge in [0.1, 0.15) is 0 Å². The van der Waals surface area contributed by atoms with Crippen molar-refractivity contribution in [2.45, 2.75) is 32.0 Å². The maximum atomic E-state index is 10.8. The first-order valence-corrected chi connectivity index (χ1v) is 4.32. The molecule has 4 N–H and O–H groups in total. The third-order valence-electron chi connectivity index (χ3n) is 1.52. The molecule has 0 aliphatic carbocycles. The van der Waals surface area contributed by atoms with Crippen molar-refractivity contribution in [2.24, 2.45) is 5.73 Å². The topological polar surface area (TPSA) is 92.8 Å². The number of carbonyl (C=O) groups is 1. The zero-order valence-electron chi connectivity index (χ0n) is 7.77. The smallest absolute Gasteiger partial charge is 0.308 e. The van der Waals surface area contributed by atoms with E-state index in [1.54, 1.807) is 6.92 Å². The fraction of sp³-hybridized carbons (Fsp3) is 0.875. The molecular weight excluding hydrogens is 174 g/mol. The van der Waals surface area contributed by atoms with E-state index in [2.05, 4.69) is 4.74 Å². The summed E-state index contributed by atoms with van der Waals surface area (Å²) in [6, 6.07) is 0. The lowest BCUT2D eigenvalue weighted by atomic mass is 10.1. The van der Waals surface area contributed by atoms with Gasteiger partial charge in [0.05, 0.1) is 25.2 Å². The molecule has 0 spiro atoms. The number of esters is 1. The lowest BCUT2D eigenvalue weighted by Crippen LogP contribution is -2.27. The largest absolute Gasteiger partial charge is 0.466 e. The first kappa shape index (κ1) is 12.3. The Labute approximate surface area is 77.5 Å². The van der Waals surface area contributed by atoms with E-state index in [9.17, 15) is 9.90 Å². The van der Waals surface area contributed by atoms with Gasteiger partial charge in [-0.25, -0.2) is 0 Å². The molecule has 0 heterocycles. The van der Waals surface area contributed by atoms with Crippen molar-refractivity contribution in [2.75, 3.05) is 13.2 Å². The Hall–Kier alpha value is -0.650. The van der Waals surface area contributed by atoms with Crippen molar-refractivity contribution in [3.8, 4) is 0 Å². The Morgan fingerprint density at radius 1 is 1.46 bits per heavy atom. The zero-order chi connectivity index (χ0) is 10.3. The molecule has 1 unspecified atom stereocenters. The fourth-order valence-corrected chi connectivity index (χ4v) is 0.906. The third-order valence-corrected chi connectivity index (χ3v) is 1.52. The quantitative estimate of drug-likeness (QED) is 0.469. The van der Waals surface area contributed by atoms with Gasteiger partial charge >= 0.3 is 5.97 Å². The number of aliphatic hydroxyl groups excluding tert-OH is 2. The van der Waals surface area contributed by atoms with Gasteiger partial charge in [0.15, 0.2) is 0 Å². The number of hydrogen-bond donors (Lipinski definition) is 3. The van der Waals surface area contributed by atoms with Crippen LogP contribution in [0.3, 0.4) is 0 Å². The van der Waals surface area contributed by atoms with Crippen LogP contribution < -0.4 is 5.73 Å². The van der Waals surface area contributed by atoms with Crippen molar-refractivity contribution in [1.82, 2.24) is 0 Å². The lowest BCUT2D eigenvalue weighted by Gasteiger charge is -2.12. The average Bonchev–Trinajstić information content (AvgIpc) is 2.04. The van der Waals surface area contributed by atoms with Crippen LogP contribution in [-0.4, -0.2) is 41.5 Å². The van der Waals surface area contributed by atoms with E-state index in [1.165, 1.54) is 0 Å². The minimum atomic E-state index is -0.877. The van der Waals surface area contributed by atoms with Crippen molar-refractivity contribution < 1.29 is 19.7 Å². The van der Waals surface area contributed by atoms with E-state index < -0.39 is 18.2 Å². The van der Waals surface area contributed by atoms with Gasteiger partial charge in [-0.2, -0.15) is 0 Å². The first-order chi connectivity index (χ1) is 6.10. The molecule has 0 saturated carbocycles. The molecule has 0 bridgehead atoms. The molecular formula is C8H17NO4. The summed E-state index contributed by atoms with van der Waals surface area (Å²) in [6.45, 7) is 2.07. The molecule has 0 rings (SSSR count). The normalized spacial score (nSPS) is 15.1. The van der Waals surface area contributed by atoms with Gasteiger partial charge in [-0.3, -0.25) is 4.79 Å². The molecule has 78 valence electrons. The highest BCUT2D eigenvalue weighted by Crippen LogP contribution is 2.02. The Morgan fingerprint density at radius 3 is 2.54 bits per heavy atom. The van der Waals surface area contributed by atoms with Gasteiger partial charge in [0, 0.05) is 13.0 Å². The molecule has 0 aromatic carbocycles. The van der Waals surface area contributed by atoms with Gasteiger partial charge in [-0.15, -0.1) is 0 Å². The summed E-state index contributed by atoms with van der Waals surface area (Å²) in [5.41, 5.74) is 5.13. The number of ether oxygens (including phenoxy) is 1. The van der Waals surface area contributed by atoms with Crippen LogP contribution in [0.2, 0.25) is 0 Å². The Kier molecular flexibility index (Phi) is 6.48. The average molecular weight is 191 g/mol. The van der Waals surface area contributed by atoms with Gasteiger partial charge in [0.25, 0.3) is 0 Å². The van der Waals surface area contributed by atoms with E-state index in [-0.39, 0.29) is 19.4 Å². The predicted molar refractivity (Wildman–Crippen MR) is 46.9 cm³/mol. The standard InChI is InChI=1S/C8H17NO4/c1-2-13-8(12)4-6(10)3-7(11)5-9/h6-7,10-11H,2-5,9H2,1H3/t6-,7?/m1/s1. The molecule has 0 aromatic rings. The minimum Gasteiger partial charge on any atom is -0.466 e. The molecule has 0 radical (unpaired) electrons. The molecule has 5 heteroatoms. The second-order valence-electron chi connectivity index (χ2n) is 2.79. The summed E-state index contributed by atoms with van der Waals surface area (Å²) >= 11 is 0. The summed E-state index contributed by atoms with van der Waals surface area (Å²) in [5.74, 6) is -0.459. The molecule has 5 nitrogen and oxygen atoms in total. The predicted octanol–water partition coefficient (Wildman–Crippen LogP) is -0.990. The molecule has 0 aliphatic heterocycles. The Bertz CT molecular complexity index is 151. The van der Waals surface area contributed by atoms with Gasteiger partial charge in [0.2, 0.25) is 0 Å². The van der Waals surface area contributed by atoms with Gasteiger partial charge < -0.3 is 20.7 Å². The lowest BCUT2D eigenvalue weighted by molar-refractivity contribution is -0.145. The highest BCUT2D eigenvalue weighted by molar-refractivity contribution is 5.69. The highest BCUT2D eigenvalue weighted by Gasteiger charge is 2.14. The van der Waals surface area contributed by atoms with Crippen molar-refractivity contribution >= 4 is 5.97 Å². The minimum absolute atomic E-state index is 0.0832. The fourth-order valence-electron chi connectivity index (χ4n) is 0.906. The molecule has 13 heavy (non-hydrogen) atoms. The van der Waals surface area contributed by atoms with Crippen LogP contribution in [0.4, 0.5) is 0 Å². The Morgan fingerprint density at radius 2 is 2.08 bits per heavy atom. The van der Waals surface area contributed by atoms with Crippen LogP contribution in [0.25, 0.3) is 0 Å². The molecule has 0 aliphatic rings. The maximum Gasteiger partial charge on any atom is 0.308 e. The van der Waals surface area contributed by atoms with Crippen molar-refractivity contribution in [1.29, 1.82) is 0 Å². The molecule has 0 fully saturated rings. The third kappa shape index (κ3) is 6.51. The monoisotopic (exact) mass is 191 g/mol. The second kappa shape index (κ2) is 6.82. The summed E-state index contributed by atoms with van der Waals surface area (Å²) in [4.78, 5) is 10.8. The maximum absolute atomic E-state index is 10.8. The second-order valence-corrected chi connectivity index (χ2v) is 2.79. The van der Waals surface area contributed by atoms with Crippen molar-refractivity contribution in [3.63, 3.8) is 0 Å². The van der Waals surface area contributed by atoms with Gasteiger partial charge in [-0.05, 0) is 6.92 Å². The van der Waals surface area contributed by atoms with E-state index in [0.29, 0.717) is 6.61 Å². The summed E-state index contributed by atoms with van der Waals surface area (Å²) < 4.78 is 4.62. The van der Waals surface area contributed by atoms with E-state index >= 15 is 0 Å². The molecule has 0 amide bonds. The first-order valence-electron chi connectivity index (χ1n) is 4.32. The van der Waals surface area contributed by atoms with Gasteiger partial charge in [-0.1, -0.05) is 0 Å². The zero-order valence-corrected chi connectivity index (χ0v) is 7.77. The molecule has 0 aromatic heterocycles. The number of aliphatic hydroxyl groups is 2. The summed E-state index contributed by atoms with van der Waals surface area (Å²) in [6.07, 6.45) is -1.62. The summed E-state index contributed by atoms with van der Waals surface area (Å²) in [5, 5.41) is 18.3. The van der Waals surface area contributed by atoms with E-state index in [0.717, 1.165) is 0 Å². The number of nitrogens with two attached hydrogens (primary N) is 1. The van der Waals surface area contributed by atoms with E-state index in [4.69, 9.17) is 10.8 Å². The van der Waals surface area contributed by atoms with Crippen LogP contribution in [0, 0.1) is 0 Å². The molecule has 2 atom stereocenters. The number of rotatable bonds is 6. The number of hydrogen-bond acceptors (Lipinski definition) is 5. The SMILES string of the molecule is CCOC(=O)C[C@H](O)CC(O)CN. The van der Waals surface area contributed by atoms with E-state index in [1.807, 2.05) is 0 Å². The van der Waals surface area contributed by atoms with Crippen LogP contribution in [-0.2, 0) is 9.53 Å².